The zero-order valence-corrected chi connectivity index (χ0v) is 12.4. The Morgan fingerprint density at radius 3 is 2.85 bits per heavy atom. The number of hydrogen-bond donors (Lipinski definition) is 1. The molecule has 1 aliphatic carbocycles. The highest BCUT2D eigenvalue weighted by atomic mass is 16.5. The van der Waals surface area contributed by atoms with E-state index in [0.29, 0.717) is 6.10 Å². The average Bonchev–Trinajstić information content (AvgIpc) is 3.19. The highest BCUT2D eigenvalue weighted by molar-refractivity contribution is 5.81. The van der Waals surface area contributed by atoms with Gasteiger partial charge in [-0.2, -0.15) is 0 Å². The van der Waals surface area contributed by atoms with Crippen LogP contribution in [0.3, 0.4) is 0 Å². The van der Waals surface area contributed by atoms with E-state index in [1.165, 1.54) is 29.4 Å². The number of para-hydroxylation sites is 1. The molecule has 1 heterocycles. The molecule has 20 heavy (non-hydrogen) atoms. The lowest BCUT2D eigenvalue weighted by atomic mass is 10.2. The van der Waals surface area contributed by atoms with Gasteiger partial charge in [-0.1, -0.05) is 18.2 Å². The highest BCUT2D eigenvalue weighted by Crippen LogP contribution is 2.23. The second kappa shape index (κ2) is 5.98. The molecule has 0 saturated heterocycles. The van der Waals surface area contributed by atoms with Crippen molar-refractivity contribution in [1.29, 1.82) is 0 Å². The number of nitrogens with zero attached hydrogens (tertiary/aromatic N) is 1. The summed E-state index contributed by atoms with van der Waals surface area (Å²) in [5.41, 5.74) is 2.68. The van der Waals surface area contributed by atoms with Gasteiger partial charge in [-0.25, -0.2) is 0 Å². The maximum Gasteiger partial charge on any atom is 0.0649 e. The first kappa shape index (κ1) is 13.7. The van der Waals surface area contributed by atoms with Crippen molar-refractivity contribution in [2.45, 2.75) is 51.9 Å². The molecule has 108 valence electrons. The van der Waals surface area contributed by atoms with Crippen molar-refractivity contribution in [3.8, 4) is 0 Å². The molecule has 3 rings (SSSR count). The van der Waals surface area contributed by atoms with Crippen LogP contribution in [0.2, 0.25) is 0 Å². The van der Waals surface area contributed by atoms with Crippen LogP contribution in [0.25, 0.3) is 10.9 Å². The van der Waals surface area contributed by atoms with E-state index in [1.807, 2.05) is 0 Å². The lowest BCUT2D eigenvalue weighted by Crippen LogP contribution is -2.19. The van der Waals surface area contributed by atoms with Crippen LogP contribution in [0.5, 0.6) is 0 Å². The third-order valence-electron chi connectivity index (χ3n) is 3.81. The number of fused-ring (bicyclic) bond motifs is 1. The Balaban J connectivity index is 1.78. The van der Waals surface area contributed by atoms with Crippen molar-refractivity contribution in [3.63, 3.8) is 0 Å². The number of rotatable bonds is 7. The summed E-state index contributed by atoms with van der Waals surface area (Å²) in [6.45, 7) is 6.83. The number of ether oxygens (including phenoxy) is 1. The van der Waals surface area contributed by atoms with Crippen LogP contribution in [0, 0.1) is 0 Å². The fraction of sp³-hybridized carbons (Fsp3) is 0.529. The fourth-order valence-corrected chi connectivity index (χ4v) is 2.59. The molecule has 0 radical (unpaired) electrons. The molecule has 2 aromatic rings. The third kappa shape index (κ3) is 3.22. The first-order chi connectivity index (χ1) is 9.74. The Morgan fingerprint density at radius 2 is 2.10 bits per heavy atom. The van der Waals surface area contributed by atoms with Crippen molar-refractivity contribution >= 4 is 10.9 Å². The van der Waals surface area contributed by atoms with Gasteiger partial charge >= 0.3 is 0 Å². The van der Waals surface area contributed by atoms with Gasteiger partial charge in [0.2, 0.25) is 0 Å². The van der Waals surface area contributed by atoms with Crippen LogP contribution < -0.4 is 5.32 Å². The number of nitrogens with one attached hydrogen (secondary N) is 1. The SMILES string of the molecule is CC(C)OCCn1c(CNC2CC2)cc2ccccc21. The second-order valence-corrected chi connectivity index (χ2v) is 5.92. The van der Waals surface area contributed by atoms with Gasteiger partial charge < -0.3 is 14.6 Å². The van der Waals surface area contributed by atoms with Crippen molar-refractivity contribution < 1.29 is 4.74 Å². The summed E-state index contributed by atoms with van der Waals surface area (Å²) in [5.74, 6) is 0. The molecule has 1 fully saturated rings. The van der Waals surface area contributed by atoms with Crippen LogP contribution in [-0.4, -0.2) is 23.3 Å². The smallest absolute Gasteiger partial charge is 0.0649 e. The van der Waals surface area contributed by atoms with Gasteiger partial charge in [0.1, 0.15) is 0 Å². The topological polar surface area (TPSA) is 26.2 Å². The van der Waals surface area contributed by atoms with E-state index in [9.17, 15) is 0 Å². The summed E-state index contributed by atoms with van der Waals surface area (Å²) < 4.78 is 8.11. The summed E-state index contributed by atoms with van der Waals surface area (Å²) in [5, 5.41) is 4.94. The molecule has 0 bridgehead atoms. The standard InChI is InChI=1S/C17H24N2O/c1-13(2)20-10-9-19-16(12-18-15-7-8-15)11-14-5-3-4-6-17(14)19/h3-6,11,13,15,18H,7-10,12H2,1-2H3. The van der Waals surface area contributed by atoms with Crippen molar-refractivity contribution in [1.82, 2.24) is 9.88 Å². The number of benzene rings is 1. The van der Waals surface area contributed by atoms with Crippen LogP contribution in [0.15, 0.2) is 30.3 Å². The zero-order valence-electron chi connectivity index (χ0n) is 12.4. The van der Waals surface area contributed by atoms with Gasteiger partial charge in [-0.05, 0) is 44.2 Å². The van der Waals surface area contributed by atoms with E-state index in [-0.39, 0.29) is 0 Å². The summed E-state index contributed by atoms with van der Waals surface area (Å²) >= 11 is 0. The molecule has 0 atom stereocenters. The fourth-order valence-electron chi connectivity index (χ4n) is 2.59. The molecule has 3 nitrogen and oxygen atoms in total. The molecular weight excluding hydrogens is 248 g/mol. The van der Waals surface area contributed by atoms with Crippen LogP contribution in [-0.2, 0) is 17.8 Å². The molecule has 1 saturated carbocycles. The third-order valence-corrected chi connectivity index (χ3v) is 3.81. The number of aromatic nitrogens is 1. The Morgan fingerprint density at radius 1 is 1.30 bits per heavy atom. The summed E-state index contributed by atoms with van der Waals surface area (Å²) in [4.78, 5) is 0. The predicted molar refractivity (Wildman–Crippen MR) is 82.9 cm³/mol. The Kier molecular flexibility index (Phi) is 4.08. The summed E-state index contributed by atoms with van der Waals surface area (Å²) in [6.07, 6.45) is 2.96. The first-order valence-corrected chi connectivity index (χ1v) is 7.66. The number of hydrogen-bond acceptors (Lipinski definition) is 2. The molecule has 0 aliphatic heterocycles. The van der Waals surface area contributed by atoms with Gasteiger partial charge in [0.15, 0.2) is 0 Å². The minimum atomic E-state index is 0.296. The van der Waals surface area contributed by atoms with Gasteiger partial charge in [0.05, 0.1) is 12.7 Å². The van der Waals surface area contributed by atoms with E-state index in [1.54, 1.807) is 0 Å². The van der Waals surface area contributed by atoms with Gasteiger partial charge in [0.25, 0.3) is 0 Å². The summed E-state index contributed by atoms with van der Waals surface area (Å²) in [6, 6.07) is 11.7. The zero-order chi connectivity index (χ0) is 13.9. The molecule has 3 heteroatoms. The molecule has 0 unspecified atom stereocenters. The van der Waals surface area contributed by atoms with Gasteiger partial charge in [-0.3, -0.25) is 0 Å². The van der Waals surface area contributed by atoms with E-state index in [2.05, 4.69) is 54.1 Å². The minimum Gasteiger partial charge on any atom is -0.377 e. The highest BCUT2D eigenvalue weighted by Gasteiger charge is 2.21. The predicted octanol–water partition coefficient (Wildman–Crippen LogP) is 3.32. The lowest BCUT2D eigenvalue weighted by molar-refractivity contribution is 0.0729. The molecule has 0 spiro atoms. The Labute approximate surface area is 120 Å². The van der Waals surface area contributed by atoms with Crippen LogP contribution >= 0.6 is 0 Å². The average molecular weight is 272 g/mol. The Hall–Kier alpha value is -1.32. The first-order valence-electron chi connectivity index (χ1n) is 7.66. The lowest BCUT2D eigenvalue weighted by Gasteiger charge is -2.13. The summed E-state index contributed by atoms with van der Waals surface area (Å²) in [7, 11) is 0. The molecule has 1 aliphatic rings. The molecular formula is C17H24N2O. The van der Waals surface area contributed by atoms with E-state index in [0.717, 1.165) is 25.7 Å². The van der Waals surface area contributed by atoms with Gasteiger partial charge in [0, 0.05) is 30.3 Å². The molecule has 1 aromatic heterocycles. The molecule has 0 amide bonds. The van der Waals surface area contributed by atoms with Crippen molar-refractivity contribution in [2.75, 3.05) is 6.61 Å². The van der Waals surface area contributed by atoms with Crippen LogP contribution in [0.1, 0.15) is 32.4 Å². The Bertz CT molecular complexity index is 569. The normalized spacial score (nSPS) is 15.3. The van der Waals surface area contributed by atoms with Crippen molar-refractivity contribution in [3.05, 3.63) is 36.0 Å². The monoisotopic (exact) mass is 272 g/mol. The second-order valence-electron chi connectivity index (χ2n) is 5.92. The van der Waals surface area contributed by atoms with Gasteiger partial charge in [-0.15, -0.1) is 0 Å². The largest absolute Gasteiger partial charge is 0.377 e. The van der Waals surface area contributed by atoms with Crippen molar-refractivity contribution in [2.24, 2.45) is 0 Å². The van der Waals surface area contributed by atoms with E-state index >= 15 is 0 Å². The van der Waals surface area contributed by atoms with Crippen LogP contribution in [0.4, 0.5) is 0 Å². The molecule has 1 aromatic carbocycles. The maximum absolute atomic E-state index is 5.72. The minimum absolute atomic E-state index is 0.296. The van der Waals surface area contributed by atoms with E-state index < -0.39 is 0 Å². The molecule has 1 N–H and O–H groups in total. The maximum atomic E-state index is 5.72. The quantitative estimate of drug-likeness (QED) is 0.837. The van der Waals surface area contributed by atoms with E-state index in [4.69, 9.17) is 4.74 Å².